The normalized spacial score (nSPS) is 26.8. The van der Waals surface area contributed by atoms with Crippen molar-refractivity contribution in [1.29, 1.82) is 0 Å². The highest BCUT2D eigenvalue weighted by Crippen LogP contribution is 2.34. The van der Waals surface area contributed by atoms with Crippen molar-refractivity contribution in [2.24, 2.45) is 5.73 Å². The van der Waals surface area contributed by atoms with Crippen molar-refractivity contribution in [3.8, 4) is 0 Å². The van der Waals surface area contributed by atoms with Crippen LogP contribution in [0.15, 0.2) is 18.2 Å². The Labute approximate surface area is 90.3 Å². The lowest BCUT2D eigenvalue weighted by atomic mass is 9.96. The van der Waals surface area contributed by atoms with Crippen LogP contribution in [0.4, 0.5) is 0 Å². The van der Waals surface area contributed by atoms with Crippen molar-refractivity contribution in [2.45, 2.75) is 38.1 Å². The molecule has 2 N–H and O–H groups in total. The summed E-state index contributed by atoms with van der Waals surface area (Å²) in [6.07, 6.45) is 3.51. The SMILES string of the molecule is Cc1cc(C2CCC(N)C2)ccc1Cl. The van der Waals surface area contributed by atoms with E-state index >= 15 is 0 Å². The lowest BCUT2D eigenvalue weighted by molar-refractivity contribution is 0.674. The molecule has 14 heavy (non-hydrogen) atoms. The zero-order chi connectivity index (χ0) is 10.1. The maximum Gasteiger partial charge on any atom is 0.0435 e. The Morgan fingerprint density at radius 3 is 2.71 bits per heavy atom. The Morgan fingerprint density at radius 2 is 2.14 bits per heavy atom. The van der Waals surface area contributed by atoms with Gasteiger partial charge < -0.3 is 5.73 Å². The number of nitrogens with two attached hydrogens (primary N) is 1. The van der Waals surface area contributed by atoms with Gasteiger partial charge in [-0.05, 0) is 49.3 Å². The van der Waals surface area contributed by atoms with Gasteiger partial charge in [0.15, 0.2) is 0 Å². The summed E-state index contributed by atoms with van der Waals surface area (Å²) in [5, 5.41) is 0.857. The van der Waals surface area contributed by atoms with Gasteiger partial charge in [-0.2, -0.15) is 0 Å². The van der Waals surface area contributed by atoms with Crippen molar-refractivity contribution in [3.63, 3.8) is 0 Å². The summed E-state index contributed by atoms with van der Waals surface area (Å²) in [6.45, 7) is 2.06. The average molecular weight is 210 g/mol. The Kier molecular flexibility index (Phi) is 2.80. The monoisotopic (exact) mass is 209 g/mol. The van der Waals surface area contributed by atoms with Crippen LogP contribution in [-0.2, 0) is 0 Å². The molecule has 0 spiro atoms. The minimum atomic E-state index is 0.399. The van der Waals surface area contributed by atoms with Crippen LogP contribution in [0.25, 0.3) is 0 Å². The van der Waals surface area contributed by atoms with E-state index < -0.39 is 0 Å². The minimum absolute atomic E-state index is 0.399. The van der Waals surface area contributed by atoms with E-state index in [-0.39, 0.29) is 0 Å². The largest absolute Gasteiger partial charge is 0.328 e. The summed E-state index contributed by atoms with van der Waals surface area (Å²) in [6, 6.07) is 6.73. The third-order valence-electron chi connectivity index (χ3n) is 3.13. The quantitative estimate of drug-likeness (QED) is 0.755. The van der Waals surface area contributed by atoms with Gasteiger partial charge in [0, 0.05) is 11.1 Å². The molecule has 2 unspecified atom stereocenters. The summed E-state index contributed by atoms with van der Waals surface area (Å²) < 4.78 is 0. The second-order valence-electron chi connectivity index (χ2n) is 4.28. The first-order valence-electron chi connectivity index (χ1n) is 5.18. The molecule has 2 atom stereocenters. The van der Waals surface area contributed by atoms with E-state index in [2.05, 4.69) is 19.1 Å². The van der Waals surface area contributed by atoms with Gasteiger partial charge in [-0.15, -0.1) is 0 Å². The first-order chi connectivity index (χ1) is 6.66. The van der Waals surface area contributed by atoms with Crippen LogP contribution in [0.1, 0.15) is 36.3 Å². The van der Waals surface area contributed by atoms with Crippen LogP contribution in [-0.4, -0.2) is 6.04 Å². The number of halogens is 1. The summed E-state index contributed by atoms with van der Waals surface area (Å²) in [5.41, 5.74) is 8.48. The number of benzene rings is 1. The molecule has 1 aromatic carbocycles. The molecule has 1 saturated carbocycles. The van der Waals surface area contributed by atoms with Gasteiger partial charge >= 0.3 is 0 Å². The van der Waals surface area contributed by atoms with Crippen molar-refractivity contribution >= 4 is 11.6 Å². The van der Waals surface area contributed by atoms with E-state index in [1.54, 1.807) is 0 Å². The van der Waals surface area contributed by atoms with Gasteiger partial charge in [-0.25, -0.2) is 0 Å². The molecule has 2 rings (SSSR count). The maximum absolute atomic E-state index is 5.99. The van der Waals surface area contributed by atoms with Crippen molar-refractivity contribution < 1.29 is 0 Å². The second kappa shape index (κ2) is 3.92. The number of rotatable bonds is 1. The van der Waals surface area contributed by atoms with Crippen LogP contribution >= 0.6 is 11.6 Å². The standard InChI is InChI=1S/C12H16ClN/c1-8-6-9(3-5-12(8)13)10-2-4-11(14)7-10/h3,5-6,10-11H,2,4,7,14H2,1H3. The smallest absolute Gasteiger partial charge is 0.0435 e. The highest BCUT2D eigenvalue weighted by molar-refractivity contribution is 6.31. The maximum atomic E-state index is 5.99. The van der Waals surface area contributed by atoms with E-state index in [1.165, 1.54) is 17.5 Å². The molecule has 1 fully saturated rings. The van der Waals surface area contributed by atoms with E-state index in [9.17, 15) is 0 Å². The third-order valence-corrected chi connectivity index (χ3v) is 3.55. The first kappa shape index (κ1) is 10.0. The Balaban J connectivity index is 2.20. The third kappa shape index (κ3) is 1.94. The number of aryl methyl sites for hydroxylation is 1. The van der Waals surface area contributed by atoms with Crippen molar-refractivity contribution in [3.05, 3.63) is 34.3 Å². The topological polar surface area (TPSA) is 26.0 Å². The molecule has 2 heteroatoms. The molecule has 0 saturated heterocycles. The zero-order valence-electron chi connectivity index (χ0n) is 8.46. The van der Waals surface area contributed by atoms with Gasteiger partial charge in [0.25, 0.3) is 0 Å². The van der Waals surface area contributed by atoms with Crippen LogP contribution in [0.3, 0.4) is 0 Å². The fourth-order valence-corrected chi connectivity index (χ4v) is 2.36. The molecule has 0 amide bonds. The second-order valence-corrected chi connectivity index (χ2v) is 4.69. The molecular weight excluding hydrogens is 194 g/mol. The molecule has 1 aliphatic carbocycles. The van der Waals surface area contributed by atoms with E-state index in [4.69, 9.17) is 17.3 Å². The van der Waals surface area contributed by atoms with Gasteiger partial charge in [0.2, 0.25) is 0 Å². The summed E-state index contributed by atoms with van der Waals surface area (Å²) in [5.74, 6) is 0.654. The summed E-state index contributed by atoms with van der Waals surface area (Å²) >= 11 is 5.99. The predicted molar refractivity (Wildman–Crippen MR) is 60.8 cm³/mol. The Morgan fingerprint density at radius 1 is 1.36 bits per heavy atom. The molecule has 1 aromatic rings. The molecule has 76 valence electrons. The van der Waals surface area contributed by atoms with E-state index in [1.807, 2.05) is 6.07 Å². The van der Waals surface area contributed by atoms with E-state index in [0.717, 1.165) is 17.9 Å². The molecule has 0 aliphatic heterocycles. The van der Waals surface area contributed by atoms with Gasteiger partial charge in [0.05, 0.1) is 0 Å². The fraction of sp³-hybridized carbons (Fsp3) is 0.500. The van der Waals surface area contributed by atoms with Crippen LogP contribution in [0, 0.1) is 6.92 Å². The first-order valence-corrected chi connectivity index (χ1v) is 5.56. The van der Waals surface area contributed by atoms with Crippen LogP contribution in [0.5, 0.6) is 0 Å². The molecule has 0 bridgehead atoms. The summed E-state index contributed by atoms with van der Waals surface area (Å²) in [7, 11) is 0. The van der Waals surface area contributed by atoms with Crippen molar-refractivity contribution in [1.82, 2.24) is 0 Å². The predicted octanol–water partition coefficient (Wildman–Crippen LogP) is 3.24. The highest BCUT2D eigenvalue weighted by Gasteiger charge is 2.23. The summed E-state index contributed by atoms with van der Waals surface area (Å²) in [4.78, 5) is 0. The van der Waals surface area contributed by atoms with E-state index in [0.29, 0.717) is 12.0 Å². The van der Waals surface area contributed by atoms with Gasteiger partial charge in [-0.1, -0.05) is 23.7 Å². The Bertz CT molecular complexity index is 335. The lowest BCUT2D eigenvalue weighted by Crippen LogP contribution is -2.14. The molecule has 0 aromatic heterocycles. The fourth-order valence-electron chi connectivity index (χ4n) is 2.24. The highest BCUT2D eigenvalue weighted by atomic mass is 35.5. The zero-order valence-corrected chi connectivity index (χ0v) is 9.22. The number of hydrogen-bond donors (Lipinski definition) is 1. The van der Waals surface area contributed by atoms with Crippen LogP contribution < -0.4 is 5.73 Å². The minimum Gasteiger partial charge on any atom is -0.328 e. The number of hydrogen-bond acceptors (Lipinski definition) is 1. The lowest BCUT2D eigenvalue weighted by Gasteiger charge is -2.11. The molecule has 0 radical (unpaired) electrons. The van der Waals surface area contributed by atoms with Gasteiger partial charge in [-0.3, -0.25) is 0 Å². The Hall–Kier alpha value is -0.530. The molecule has 0 heterocycles. The van der Waals surface area contributed by atoms with Crippen molar-refractivity contribution in [2.75, 3.05) is 0 Å². The van der Waals surface area contributed by atoms with Gasteiger partial charge in [0.1, 0.15) is 0 Å². The van der Waals surface area contributed by atoms with Crippen LogP contribution in [0.2, 0.25) is 5.02 Å². The average Bonchev–Trinajstić information content (AvgIpc) is 2.57. The molecular formula is C12H16ClN. The molecule has 1 aliphatic rings. The molecule has 1 nitrogen and oxygen atoms in total.